The molecule has 6 nitrogen and oxygen atoms in total. The van der Waals surface area contributed by atoms with Crippen LogP contribution in [0.2, 0.25) is 0 Å². The smallest absolute Gasteiger partial charge is 0.236 e. The lowest BCUT2D eigenvalue weighted by atomic mass is 10.2. The van der Waals surface area contributed by atoms with Crippen molar-refractivity contribution in [2.75, 3.05) is 26.3 Å². The number of aromatic nitrogens is 3. The molecule has 1 saturated heterocycles. The molecule has 1 aromatic carbocycles. The number of amides is 1. The lowest BCUT2D eigenvalue weighted by Crippen LogP contribution is -2.44. The van der Waals surface area contributed by atoms with Gasteiger partial charge in [-0.25, -0.2) is 0 Å². The van der Waals surface area contributed by atoms with Crippen LogP contribution in [0, 0.1) is 0 Å². The number of thioether (sulfide) groups is 1. The standard InChI is InChI=1S/C17H22N4O2S/c1-3-21-15(14-7-5-4-6-8-14)18-19-17(21)24-13(2)16(22)20-9-11-23-12-10-20/h4-8,13H,3,9-12H2,1-2H3/t13-/m1/s1. The molecule has 24 heavy (non-hydrogen) atoms. The number of carbonyl (C=O) groups excluding carboxylic acids is 1. The molecule has 0 saturated carbocycles. The average Bonchev–Trinajstić information content (AvgIpc) is 3.05. The highest BCUT2D eigenvalue weighted by Crippen LogP contribution is 2.27. The van der Waals surface area contributed by atoms with E-state index < -0.39 is 0 Å². The zero-order chi connectivity index (χ0) is 16.9. The van der Waals surface area contributed by atoms with Gasteiger partial charge in [0.25, 0.3) is 0 Å². The van der Waals surface area contributed by atoms with Crippen molar-refractivity contribution in [2.24, 2.45) is 0 Å². The number of morpholine rings is 1. The molecule has 0 spiro atoms. The van der Waals surface area contributed by atoms with Gasteiger partial charge in [-0.15, -0.1) is 10.2 Å². The van der Waals surface area contributed by atoms with Crippen molar-refractivity contribution in [1.29, 1.82) is 0 Å². The van der Waals surface area contributed by atoms with Gasteiger partial charge >= 0.3 is 0 Å². The van der Waals surface area contributed by atoms with Gasteiger partial charge < -0.3 is 14.2 Å². The van der Waals surface area contributed by atoms with Crippen molar-refractivity contribution in [3.05, 3.63) is 30.3 Å². The maximum Gasteiger partial charge on any atom is 0.236 e. The maximum atomic E-state index is 12.6. The van der Waals surface area contributed by atoms with Crippen molar-refractivity contribution >= 4 is 17.7 Å². The van der Waals surface area contributed by atoms with Crippen LogP contribution in [0.1, 0.15) is 13.8 Å². The first-order chi connectivity index (χ1) is 11.7. The third-order valence-corrected chi connectivity index (χ3v) is 5.09. The van der Waals surface area contributed by atoms with E-state index >= 15 is 0 Å². The Morgan fingerprint density at radius 2 is 1.96 bits per heavy atom. The summed E-state index contributed by atoms with van der Waals surface area (Å²) >= 11 is 1.47. The zero-order valence-electron chi connectivity index (χ0n) is 14.0. The minimum Gasteiger partial charge on any atom is -0.378 e. The van der Waals surface area contributed by atoms with Gasteiger partial charge in [-0.3, -0.25) is 4.79 Å². The average molecular weight is 346 g/mol. The van der Waals surface area contributed by atoms with Gasteiger partial charge in [-0.05, 0) is 13.8 Å². The fourth-order valence-electron chi connectivity index (χ4n) is 2.71. The molecule has 1 amide bonds. The molecule has 1 aliphatic rings. The normalized spacial score (nSPS) is 16.2. The topological polar surface area (TPSA) is 60.2 Å². The van der Waals surface area contributed by atoms with Crippen LogP contribution >= 0.6 is 11.8 Å². The first-order valence-electron chi connectivity index (χ1n) is 8.22. The number of carbonyl (C=O) groups is 1. The lowest BCUT2D eigenvalue weighted by molar-refractivity contribution is -0.134. The summed E-state index contributed by atoms with van der Waals surface area (Å²) in [6.07, 6.45) is 0. The molecule has 0 radical (unpaired) electrons. The summed E-state index contributed by atoms with van der Waals surface area (Å²) in [6, 6.07) is 10.00. The highest BCUT2D eigenvalue weighted by molar-refractivity contribution is 8.00. The van der Waals surface area contributed by atoms with E-state index in [1.54, 1.807) is 0 Å². The number of hydrogen-bond acceptors (Lipinski definition) is 5. The van der Waals surface area contributed by atoms with Gasteiger partial charge in [0, 0.05) is 25.2 Å². The molecule has 0 aliphatic carbocycles. The number of ether oxygens (including phenoxy) is 1. The summed E-state index contributed by atoms with van der Waals surface area (Å²) in [5, 5.41) is 9.23. The summed E-state index contributed by atoms with van der Waals surface area (Å²) in [7, 11) is 0. The van der Waals surface area contributed by atoms with Gasteiger partial charge in [0.15, 0.2) is 11.0 Å². The van der Waals surface area contributed by atoms with E-state index in [0.29, 0.717) is 26.3 Å². The van der Waals surface area contributed by atoms with Crippen LogP contribution < -0.4 is 0 Å². The first-order valence-corrected chi connectivity index (χ1v) is 9.10. The second-order valence-corrected chi connectivity index (χ2v) is 6.92. The lowest BCUT2D eigenvalue weighted by Gasteiger charge is -2.28. The monoisotopic (exact) mass is 346 g/mol. The number of rotatable bonds is 5. The van der Waals surface area contributed by atoms with E-state index in [1.165, 1.54) is 11.8 Å². The second-order valence-electron chi connectivity index (χ2n) is 5.61. The number of hydrogen-bond donors (Lipinski definition) is 0. The Kier molecular flexibility index (Phi) is 5.52. The predicted molar refractivity (Wildman–Crippen MR) is 93.9 cm³/mol. The van der Waals surface area contributed by atoms with Crippen molar-refractivity contribution in [3.8, 4) is 11.4 Å². The molecule has 7 heteroatoms. The van der Waals surface area contributed by atoms with Crippen molar-refractivity contribution in [2.45, 2.75) is 30.8 Å². The van der Waals surface area contributed by atoms with Gasteiger partial charge in [-0.1, -0.05) is 42.1 Å². The third kappa shape index (κ3) is 3.62. The molecule has 0 unspecified atom stereocenters. The van der Waals surface area contributed by atoms with E-state index in [2.05, 4.69) is 21.7 Å². The van der Waals surface area contributed by atoms with Crippen LogP contribution in [0.25, 0.3) is 11.4 Å². The van der Waals surface area contributed by atoms with Crippen molar-refractivity contribution in [3.63, 3.8) is 0 Å². The van der Waals surface area contributed by atoms with Crippen LogP contribution in [-0.4, -0.2) is 57.1 Å². The minimum absolute atomic E-state index is 0.134. The van der Waals surface area contributed by atoms with Crippen LogP contribution in [0.4, 0.5) is 0 Å². The molecule has 3 rings (SSSR count). The van der Waals surface area contributed by atoms with Crippen LogP contribution in [0.3, 0.4) is 0 Å². The molecule has 1 fully saturated rings. The quantitative estimate of drug-likeness (QED) is 0.778. The van der Waals surface area contributed by atoms with E-state index in [-0.39, 0.29) is 11.2 Å². The Morgan fingerprint density at radius 3 is 2.62 bits per heavy atom. The molecule has 0 N–H and O–H groups in total. The van der Waals surface area contributed by atoms with Gasteiger partial charge in [0.05, 0.1) is 18.5 Å². The van der Waals surface area contributed by atoms with E-state index in [4.69, 9.17) is 4.74 Å². The van der Waals surface area contributed by atoms with Gasteiger partial charge in [0.2, 0.25) is 5.91 Å². The Morgan fingerprint density at radius 1 is 1.25 bits per heavy atom. The highest BCUT2D eigenvalue weighted by atomic mass is 32.2. The van der Waals surface area contributed by atoms with E-state index in [9.17, 15) is 4.79 Å². The summed E-state index contributed by atoms with van der Waals surface area (Å²) in [5.41, 5.74) is 1.03. The van der Waals surface area contributed by atoms with Crippen LogP contribution in [0.15, 0.2) is 35.5 Å². The Hall–Kier alpha value is -1.86. The minimum atomic E-state index is -0.193. The molecule has 128 valence electrons. The predicted octanol–water partition coefficient (Wildman–Crippen LogP) is 2.30. The molecular formula is C17H22N4O2S. The summed E-state index contributed by atoms with van der Waals surface area (Å²) in [4.78, 5) is 14.4. The fraction of sp³-hybridized carbons (Fsp3) is 0.471. The third-order valence-electron chi connectivity index (χ3n) is 4.02. The zero-order valence-corrected chi connectivity index (χ0v) is 14.8. The molecular weight excluding hydrogens is 324 g/mol. The summed E-state index contributed by atoms with van der Waals surface area (Å²) in [6.45, 7) is 7.32. The van der Waals surface area contributed by atoms with Gasteiger partial charge in [0.1, 0.15) is 0 Å². The van der Waals surface area contributed by atoms with Crippen molar-refractivity contribution in [1.82, 2.24) is 19.7 Å². The van der Waals surface area contributed by atoms with E-state index in [1.807, 2.05) is 42.2 Å². The largest absolute Gasteiger partial charge is 0.378 e. The molecule has 2 aromatic rings. The van der Waals surface area contributed by atoms with Crippen molar-refractivity contribution < 1.29 is 9.53 Å². The summed E-state index contributed by atoms with van der Waals surface area (Å²) in [5.74, 6) is 0.974. The molecule has 1 atom stereocenters. The molecule has 0 bridgehead atoms. The molecule has 2 heterocycles. The molecule has 1 aromatic heterocycles. The highest BCUT2D eigenvalue weighted by Gasteiger charge is 2.25. The molecule has 1 aliphatic heterocycles. The van der Waals surface area contributed by atoms with Crippen LogP contribution in [-0.2, 0) is 16.1 Å². The van der Waals surface area contributed by atoms with Gasteiger partial charge in [-0.2, -0.15) is 0 Å². The summed E-state index contributed by atoms with van der Waals surface area (Å²) < 4.78 is 7.37. The number of benzene rings is 1. The Labute approximate surface area is 146 Å². The second kappa shape index (κ2) is 7.81. The maximum absolute atomic E-state index is 12.6. The number of nitrogens with zero attached hydrogens (tertiary/aromatic N) is 4. The first kappa shape index (κ1) is 17.0. The Balaban J connectivity index is 1.75. The van der Waals surface area contributed by atoms with Crippen LogP contribution in [0.5, 0.6) is 0 Å². The SMILES string of the molecule is CCn1c(S[C@H](C)C(=O)N2CCOCC2)nnc1-c1ccccc1. The Bertz CT molecular complexity index is 683. The van der Waals surface area contributed by atoms with E-state index in [0.717, 1.165) is 23.1 Å². The fourth-order valence-corrected chi connectivity index (χ4v) is 3.71.